The van der Waals surface area contributed by atoms with Gasteiger partial charge in [0.05, 0.1) is 27.0 Å². The number of fused-ring (bicyclic) bond motifs is 1. The molecule has 3 nitrogen and oxygen atoms in total. The smallest absolute Gasteiger partial charge is 0.137 e. The first-order chi connectivity index (χ1) is 8.16. The second-order valence-corrected chi connectivity index (χ2v) is 5.33. The molecule has 3 heterocycles. The molecule has 0 atom stereocenters. The number of thiazole rings is 1. The van der Waals surface area contributed by atoms with Crippen LogP contribution in [0.25, 0.3) is 16.2 Å². The zero-order valence-corrected chi connectivity index (χ0v) is 10.9. The molecule has 0 aromatic carbocycles. The quantitative estimate of drug-likeness (QED) is 0.656. The zero-order chi connectivity index (χ0) is 12.0. The molecule has 0 saturated heterocycles. The molecule has 0 aliphatic heterocycles. The van der Waals surface area contributed by atoms with Crippen molar-refractivity contribution in [2.45, 2.75) is 20.8 Å². The van der Waals surface area contributed by atoms with E-state index in [0.29, 0.717) is 0 Å². The van der Waals surface area contributed by atoms with Crippen LogP contribution in [0, 0.1) is 20.8 Å². The van der Waals surface area contributed by atoms with Crippen LogP contribution < -0.4 is 0 Å². The van der Waals surface area contributed by atoms with Gasteiger partial charge in [-0.05, 0) is 32.9 Å². The zero-order valence-electron chi connectivity index (χ0n) is 10.1. The SMILES string of the molecule is Cc1nc(C)c(-c2c(C)nc3ccccn23)s1. The van der Waals surface area contributed by atoms with Gasteiger partial charge in [-0.2, -0.15) is 0 Å². The molecule has 0 unspecified atom stereocenters. The Balaban J connectivity index is 2.37. The van der Waals surface area contributed by atoms with E-state index < -0.39 is 0 Å². The fraction of sp³-hybridized carbons (Fsp3) is 0.231. The highest BCUT2D eigenvalue weighted by Crippen LogP contribution is 2.32. The lowest BCUT2D eigenvalue weighted by molar-refractivity contribution is 1.16. The molecular weight excluding hydrogens is 230 g/mol. The Morgan fingerprint density at radius 1 is 1.06 bits per heavy atom. The lowest BCUT2D eigenvalue weighted by atomic mass is 10.2. The Labute approximate surface area is 104 Å². The molecule has 3 aromatic heterocycles. The largest absolute Gasteiger partial charge is 0.299 e. The molecule has 86 valence electrons. The first-order valence-electron chi connectivity index (χ1n) is 5.55. The van der Waals surface area contributed by atoms with Crippen LogP contribution in [-0.4, -0.2) is 14.4 Å². The highest BCUT2D eigenvalue weighted by molar-refractivity contribution is 7.15. The average molecular weight is 243 g/mol. The van der Waals surface area contributed by atoms with Gasteiger partial charge in [0, 0.05) is 6.20 Å². The van der Waals surface area contributed by atoms with Crippen molar-refractivity contribution in [2.75, 3.05) is 0 Å². The molecule has 17 heavy (non-hydrogen) atoms. The number of hydrogen-bond donors (Lipinski definition) is 0. The average Bonchev–Trinajstić information content (AvgIpc) is 2.77. The molecule has 0 fully saturated rings. The van der Waals surface area contributed by atoms with E-state index in [2.05, 4.69) is 34.4 Å². The van der Waals surface area contributed by atoms with Crippen molar-refractivity contribution in [1.29, 1.82) is 0 Å². The van der Waals surface area contributed by atoms with Gasteiger partial charge in [-0.25, -0.2) is 9.97 Å². The van der Waals surface area contributed by atoms with Crippen LogP contribution in [0.15, 0.2) is 24.4 Å². The Kier molecular flexibility index (Phi) is 2.26. The Hall–Kier alpha value is -1.68. The van der Waals surface area contributed by atoms with Gasteiger partial charge < -0.3 is 0 Å². The molecule has 0 N–H and O–H groups in total. The highest BCUT2D eigenvalue weighted by Gasteiger charge is 2.15. The van der Waals surface area contributed by atoms with Crippen molar-refractivity contribution >= 4 is 17.0 Å². The van der Waals surface area contributed by atoms with E-state index in [9.17, 15) is 0 Å². The van der Waals surface area contributed by atoms with E-state index in [0.717, 1.165) is 22.0 Å². The number of hydrogen-bond acceptors (Lipinski definition) is 3. The van der Waals surface area contributed by atoms with Gasteiger partial charge in [0.25, 0.3) is 0 Å². The van der Waals surface area contributed by atoms with Crippen LogP contribution in [-0.2, 0) is 0 Å². The molecule has 3 rings (SSSR count). The first-order valence-corrected chi connectivity index (χ1v) is 6.36. The Morgan fingerprint density at radius 3 is 2.59 bits per heavy atom. The van der Waals surface area contributed by atoms with Gasteiger partial charge in [0.2, 0.25) is 0 Å². The molecular formula is C13H13N3S. The summed E-state index contributed by atoms with van der Waals surface area (Å²) < 4.78 is 2.13. The summed E-state index contributed by atoms with van der Waals surface area (Å²) in [6, 6.07) is 6.07. The predicted octanol–water partition coefficient (Wildman–Crippen LogP) is 3.38. The minimum absolute atomic E-state index is 0.991. The third kappa shape index (κ3) is 1.56. The van der Waals surface area contributed by atoms with Crippen LogP contribution in [0.4, 0.5) is 0 Å². The van der Waals surface area contributed by atoms with Crippen molar-refractivity contribution < 1.29 is 0 Å². The molecule has 4 heteroatoms. The standard InChI is InChI=1S/C13H13N3S/c1-8-12(13-9(2)14-10(3)17-13)16-7-5-4-6-11(16)15-8/h4-7H,1-3H3. The lowest BCUT2D eigenvalue weighted by Crippen LogP contribution is -1.88. The van der Waals surface area contributed by atoms with Gasteiger partial charge in [0.15, 0.2) is 0 Å². The van der Waals surface area contributed by atoms with Gasteiger partial charge in [-0.15, -0.1) is 11.3 Å². The third-order valence-electron chi connectivity index (χ3n) is 2.82. The van der Waals surface area contributed by atoms with Crippen molar-refractivity contribution in [3.05, 3.63) is 40.8 Å². The summed E-state index contributed by atoms with van der Waals surface area (Å²) in [4.78, 5) is 10.3. The summed E-state index contributed by atoms with van der Waals surface area (Å²) in [6.45, 7) is 6.15. The summed E-state index contributed by atoms with van der Waals surface area (Å²) in [5.74, 6) is 0. The molecule has 0 bridgehead atoms. The topological polar surface area (TPSA) is 30.2 Å². The number of pyridine rings is 1. The number of aromatic nitrogens is 3. The predicted molar refractivity (Wildman–Crippen MR) is 70.5 cm³/mol. The molecule has 0 aliphatic carbocycles. The Morgan fingerprint density at radius 2 is 1.88 bits per heavy atom. The van der Waals surface area contributed by atoms with Crippen molar-refractivity contribution in [3.8, 4) is 10.6 Å². The van der Waals surface area contributed by atoms with Gasteiger partial charge in [0.1, 0.15) is 5.65 Å². The van der Waals surface area contributed by atoms with Crippen molar-refractivity contribution in [2.24, 2.45) is 0 Å². The number of aryl methyl sites for hydroxylation is 3. The maximum atomic E-state index is 4.58. The van der Waals surface area contributed by atoms with Crippen LogP contribution in [0.2, 0.25) is 0 Å². The molecule has 0 radical (unpaired) electrons. The second kappa shape index (κ2) is 3.67. The summed E-state index contributed by atoms with van der Waals surface area (Å²) in [5.41, 5.74) is 4.30. The van der Waals surface area contributed by atoms with E-state index in [1.807, 2.05) is 25.1 Å². The Bertz CT molecular complexity index is 694. The maximum Gasteiger partial charge on any atom is 0.137 e. The second-order valence-electron chi connectivity index (χ2n) is 4.12. The van der Waals surface area contributed by atoms with Gasteiger partial charge >= 0.3 is 0 Å². The lowest BCUT2D eigenvalue weighted by Gasteiger charge is -2.00. The monoisotopic (exact) mass is 243 g/mol. The summed E-state index contributed by atoms with van der Waals surface area (Å²) in [6.07, 6.45) is 2.05. The number of imidazole rings is 1. The summed E-state index contributed by atoms with van der Waals surface area (Å²) in [7, 11) is 0. The van der Waals surface area contributed by atoms with Crippen molar-refractivity contribution in [1.82, 2.24) is 14.4 Å². The number of nitrogens with zero attached hydrogens (tertiary/aromatic N) is 3. The minimum Gasteiger partial charge on any atom is -0.299 e. The van der Waals surface area contributed by atoms with Crippen LogP contribution in [0.1, 0.15) is 16.4 Å². The molecule has 0 aliphatic rings. The maximum absolute atomic E-state index is 4.58. The molecule has 3 aromatic rings. The van der Waals surface area contributed by atoms with E-state index >= 15 is 0 Å². The van der Waals surface area contributed by atoms with Crippen LogP contribution in [0.3, 0.4) is 0 Å². The highest BCUT2D eigenvalue weighted by atomic mass is 32.1. The van der Waals surface area contributed by atoms with E-state index in [-0.39, 0.29) is 0 Å². The summed E-state index contributed by atoms with van der Waals surface area (Å²) in [5, 5.41) is 1.10. The first kappa shape index (κ1) is 10.5. The molecule has 0 amide bonds. The fourth-order valence-electron chi connectivity index (χ4n) is 2.14. The third-order valence-corrected chi connectivity index (χ3v) is 3.90. The van der Waals surface area contributed by atoms with E-state index in [1.54, 1.807) is 11.3 Å². The fourth-order valence-corrected chi connectivity index (χ4v) is 3.15. The minimum atomic E-state index is 0.991. The normalized spacial score (nSPS) is 11.2. The van der Waals surface area contributed by atoms with Crippen LogP contribution in [0.5, 0.6) is 0 Å². The van der Waals surface area contributed by atoms with E-state index in [4.69, 9.17) is 0 Å². The number of rotatable bonds is 1. The van der Waals surface area contributed by atoms with Gasteiger partial charge in [-0.3, -0.25) is 4.40 Å². The van der Waals surface area contributed by atoms with E-state index in [1.165, 1.54) is 10.6 Å². The molecule has 0 saturated carbocycles. The molecule has 0 spiro atoms. The van der Waals surface area contributed by atoms with Gasteiger partial charge in [-0.1, -0.05) is 6.07 Å². The van der Waals surface area contributed by atoms with Crippen LogP contribution >= 0.6 is 11.3 Å². The summed E-state index contributed by atoms with van der Waals surface area (Å²) >= 11 is 1.73. The van der Waals surface area contributed by atoms with Crippen molar-refractivity contribution in [3.63, 3.8) is 0 Å².